The first-order chi connectivity index (χ1) is 15.8. The molecule has 1 aromatic heterocycles. The molecule has 0 bridgehead atoms. The summed E-state index contributed by atoms with van der Waals surface area (Å²) in [5.41, 5.74) is 1.72. The number of anilines is 2. The first-order valence-electron chi connectivity index (χ1n) is 11.6. The molecule has 0 spiro atoms. The maximum atomic E-state index is 13.8. The lowest BCUT2D eigenvalue weighted by Crippen LogP contribution is -2.56. The van der Waals surface area contributed by atoms with Gasteiger partial charge in [0.1, 0.15) is 0 Å². The van der Waals surface area contributed by atoms with Gasteiger partial charge in [0.2, 0.25) is 5.91 Å². The Hall–Kier alpha value is -2.71. The summed E-state index contributed by atoms with van der Waals surface area (Å²) in [5, 5.41) is 8.62. The van der Waals surface area contributed by atoms with Gasteiger partial charge in [-0.1, -0.05) is 30.3 Å². The molecule has 0 atom stereocenters. The van der Waals surface area contributed by atoms with Crippen molar-refractivity contribution in [3.05, 3.63) is 48.2 Å². The lowest BCUT2D eigenvalue weighted by atomic mass is 9.73. The van der Waals surface area contributed by atoms with Crippen molar-refractivity contribution in [2.45, 2.75) is 18.3 Å². The van der Waals surface area contributed by atoms with Crippen LogP contribution in [0.25, 0.3) is 0 Å². The summed E-state index contributed by atoms with van der Waals surface area (Å²) in [6, 6.07) is 12.3. The monoisotopic (exact) mass is 437 g/mol. The largest absolute Gasteiger partial charge is 0.381 e. The van der Waals surface area contributed by atoms with E-state index in [1.54, 1.807) is 0 Å². The van der Waals surface area contributed by atoms with Gasteiger partial charge in [-0.15, -0.1) is 5.10 Å². The molecule has 3 aliphatic heterocycles. The van der Waals surface area contributed by atoms with Crippen molar-refractivity contribution < 1.29 is 14.3 Å². The summed E-state index contributed by atoms with van der Waals surface area (Å²) in [4.78, 5) is 20.3. The molecule has 1 amide bonds. The number of ether oxygens (including phenoxy) is 2. The molecule has 0 aliphatic carbocycles. The van der Waals surface area contributed by atoms with Crippen LogP contribution in [0.2, 0.25) is 0 Å². The number of amides is 1. The van der Waals surface area contributed by atoms with Gasteiger partial charge in [-0.2, -0.15) is 5.10 Å². The minimum Gasteiger partial charge on any atom is -0.381 e. The minimum absolute atomic E-state index is 0.236. The maximum Gasteiger partial charge on any atom is 0.233 e. The van der Waals surface area contributed by atoms with Crippen LogP contribution in [0, 0.1) is 0 Å². The van der Waals surface area contributed by atoms with E-state index in [4.69, 9.17) is 9.47 Å². The molecule has 1 aromatic carbocycles. The Bertz CT molecular complexity index is 905. The van der Waals surface area contributed by atoms with Gasteiger partial charge in [-0.25, -0.2) is 0 Å². The number of carbonyl (C=O) groups excluding carboxylic acids is 1. The van der Waals surface area contributed by atoms with E-state index in [0.29, 0.717) is 26.3 Å². The fraction of sp³-hybridized carbons (Fsp3) is 0.542. The van der Waals surface area contributed by atoms with E-state index in [2.05, 4.69) is 38.2 Å². The number of morpholine rings is 1. The molecular formula is C24H31N5O3. The second-order valence-electron chi connectivity index (χ2n) is 8.71. The second kappa shape index (κ2) is 9.42. The van der Waals surface area contributed by atoms with Crippen LogP contribution in [0.5, 0.6) is 0 Å². The first kappa shape index (κ1) is 21.2. The van der Waals surface area contributed by atoms with E-state index >= 15 is 0 Å². The number of rotatable bonds is 4. The predicted molar refractivity (Wildman–Crippen MR) is 122 cm³/mol. The predicted octanol–water partition coefficient (Wildman–Crippen LogP) is 1.71. The summed E-state index contributed by atoms with van der Waals surface area (Å²) in [6.45, 7) is 7.39. The van der Waals surface area contributed by atoms with Gasteiger partial charge in [0.25, 0.3) is 0 Å². The molecular weight excluding hydrogens is 406 g/mol. The third-order valence-electron chi connectivity index (χ3n) is 6.98. The average molecular weight is 438 g/mol. The van der Waals surface area contributed by atoms with Crippen LogP contribution in [-0.4, -0.2) is 86.7 Å². The molecule has 0 saturated carbocycles. The zero-order valence-corrected chi connectivity index (χ0v) is 18.5. The normalized spacial score (nSPS) is 21.4. The number of piperazine rings is 1. The summed E-state index contributed by atoms with van der Waals surface area (Å²) in [7, 11) is 0. The highest BCUT2D eigenvalue weighted by atomic mass is 16.5. The minimum atomic E-state index is -0.474. The smallest absolute Gasteiger partial charge is 0.233 e. The van der Waals surface area contributed by atoms with Gasteiger partial charge < -0.3 is 24.2 Å². The highest BCUT2D eigenvalue weighted by Crippen LogP contribution is 2.37. The van der Waals surface area contributed by atoms with Crippen molar-refractivity contribution in [2.24, 2.45) is 0 Å². The van der Waals surface area contributed by atoms with Gasteiger partial charge in [0.15, 0.2) is 5.82 Å². The Morgan fingerprint density at radius 1 is 0.844 bits per heavy atom. The van der Waals surface area contributed by atoms with Crippen molar-refractivity contribution in [3.63, 3.8) is 0 Å². The summed E-state index contributed by atoms with van der Waals surface area (Å²) < 4.78 is 11.1. The Labute approximate surface area is 189 Å². The quantitative estimate of drug-likeness (QED) is 0.721. The molecule has 4 heterocycles. The fourth-order valence-corrected chi connectivity index (χ4v) is 5.04. The zero-order chi connectivity index (χ0) is 21.8. The number of benzene rings is 1. The van der Waals surface area contributed by atoms with Crippen LogP contribution in [0.3, 0.4) is 0 Å². The van der Waals surface area contributed by atoms with Gasteiger partial charge in [-0.05, 0) is 18.4 Å². The molecule has 3 fully saturated rings. The molecule has 3 saturated heterocycles. The molecule has 32 heavy (non-hydrogen) atoms. The number of carbonyl (C=O) groups is 1. The molecule has 3 aliphatic rings. The van der Waals surface area contributed by atoms with Crippen LogP contribution in [0.15, 0.2) is 42.6 Å². The third kappa shape index (κ3) is 4.17. The maximum absolute atomic E-state index is 13.8. The lowest BCUT2D eigenvalue weighted by molar-refractivity contribution is -0.141. The van der Waals surface area contributed by atoms with Crippen LogP contribution in [0.4, 0.5) is 11.5 Å². The fourth-order valence-electron chi connectivity index (χ4n) is 5.04. The molecule has 2 aromatic rings. The van der Waals surface area contributed by atoms with Crippen LogP contribution in [0.1, 0.15) is 18.4 Å². The standard InChI is InChI=1S/C24H31N5O3/c30-23(24(6-14-31-15-7-24)20-4-2-1-3-5-20)29-10-8-28(9-11-29)22-18-21(19-25-26-22)27-12-16-32-17-13-27/h1-5,18-19H,6-17H2. The number of aromatic nitrogens is 2. The second-order valence-corrected chi connectivity index (χ2v) is 8.71. The average Bonchev–Trinajstić information content (AvgIpc) is 2.90. The molecule has 0 unspecified atom stereocenters. The van der Waals surface area contributed by atoms with Gasteiger partial charge in [0.05, 0.1) is 30.5 Å². The molecule has 170 valence electrons. The Balaban J connectivity index is 1.27. The van der Waals surface area contributed by atoms with Crippen molar-refractivity contribution in [1.29, 1.82) is 0 Å². The summed E-state index contributed by atoms with van der Waals surface area (Å²) >= 11 is 0. The van der Waals surface area contributed by atoms with Gasteiger partial charge in [0, 0.05) is 58.5 Å². The van der Waals surface area contributed by atoms with Gasteiger partial charge in [-0.3, -0.25) is 4.79 Å². The van der Waals surface area contributed by atoms with Crippen molar-refractivity contribution in [3.8, 4) is 0 Å². The van der Waals surface area contributed by atoms with Crippen LogP contribution < -0.4 is 9.80 Å². The van der Waals surface area contributed by atoms with Gasteiger partial charge >= 0.3 is 0 Å². The molecule has 5 rings (SSSR count). The topological polar surface area (TPSA) is 71.0 Å². The summed E-state index contributed by atoms with van der Waals surface area (Å²) in [6.07, 6.45) is 3.30. The summed E-state index contributed by atoms with van der Waals surface area (Å²) in [5.74, 6) is 1.12. The Morgan fingerprint density at radius 2 is 1.53 bits per heavy atom. The SMILES string of the molecule is O=C(N1CCN(c2cc(N3CCOCC3)cnn2)CC1)C1(c2ccccc2)CCOCC1. The number of nitrogens with zero attached hydrogens (tertiary/aromatic N) is 5. The first-order valence-corrected chi connectivity index (χ1v) is 11.6. The molecule has 8 nitrogen and oxygen atoms in total. The van der Waals surface area contributed by atoms with Crippen LogP contribution >= 0.6 is 0 Å². The Kier molecular flexibility index (Phi) is 6.23. The van der Waals surface area contributed by atoms with E-state index in [-0.39, 0.29) is 5.91 Å². The third-order valence-corrected chi connectivity index (χ3v) is 6.98. The highest BCUT2D eigenvalue weighted by molar-refractivity contribution is 5.88. The highest BCUT2D eigenvalue weighted by Gasteiger charge is 2.44. The van der Waals surface area contributed by atoms with Crippen molar-refractivity contribution >= 4 is 17.4 Å². The molecule has 0 N–H and O–H groups in total. The van der Waals surface area contributed by atoms with E-state index < -0.39 is 5.41 Å². The lowest BCUT2D eigenvalue weighted by Gasteiger charge is -2.43. The van der Waals surface area contributed by atoms with E-state index in [1.807, 2.05) is 29.3 Å². The zero-order valence-electron chi connectivity index (χ0n) is 18.5. The van der Waals surface area contributed by atoms with E-state index in [0.717, 1.165) is 69.3 Å². The van der Waals surface area contributed by atoms with Crippen molar-refractivity contribution in [2.75, 3.05) is 75.5 Å². The van der Waals surface area contributed by atoms with Crippen LogP contribution in [-0.2, 0) is 19.7 Å². The van der Waals surface area contributed by atoms with Crippen molar-refractivity contribution in [1.82, 2.24) is 15.1 Å². The van der Waals surface area contributed by atoms with E-state index in [1.165, 1.54) is 0 Å². The molecule has 0 radical (unpaired) electrons. The van der Waals surface area contributed by atoms with E-state index in [9.17, 15) is 4.79 Å². The molecule has 8 heteroatoms. The Morgan fingerprint density at radius 3 is 2.25 bits per heavy atom. The number of hydrogen-bond donors (Lipinski definition) is 0. The number of hydrogen-bond acceptors (Lipinski definition) is 7.